The Morgan fingerprint density at radius 1 is 0.897 bits per heavy atom. The molecule has 0 saturated carbocycles. The molecule has 1 N–H and O–H groups in total. The Labute approximate surface area is 167 Å². The van der Waals surface area contributed by atoms with Gasteiger partial charge in [-0.25, -0.2) is 18.4 Å². The summed E-state index contributed by atoms with van der Waals surface area (Å²) in [5.41, 5.74) is -2.24. The highest BCUT2D eigenvalue weighted by atomic mass is 19.1. The van der Waals surface area contributed by atoms with Crippen LogP contribution in [0, 0.1) is 11.6 Å². The Hall–Kier alpha value is -2.46. The molecular formula is C19H22BF2NO6. The number of nitrogens with one attached hydrogen (secondary N) is 1. The fraction of sp³-hybridized carbons (Fsp3) is 0.474. The quantitative estimate of drug-likeness (QED) is 0.355. The Morgan fingerprint density at radius 3 is 1.79 bits per heavy atom. The third-order valence-electron chi connectivity index (χ3n) is 5.07. The highest BCUT2D eigenvalue weighted by Crippen LogP contribution is 2.36. The zero-order valence-electron chi connectivity index (χ0n) is 17.0. The summed E-state index contributed by atoms with van der Waals surface area (Å²) >= 11 is 0. The summed E-state index contributed by atoms with van der Waals surface area (Å²) in [7, 11) is -0.943. The van der Waals surface area contributed by atoms with E-state index in [9.17, 15) is 18.4 Å². The zero-order chi connectivity index (χ0) is 21.8. The number of anilines is 1. The minimum absolute atomic E-state index is 0.162. The van der Waals surface area contributed by atoms with Crippen molar-refractivity contribution in [2.24, 2.45) is 0 Å². The molecule has 0 atom stereocenters. The number of hydrogen-bond acceptors (Lipinski definition) is 7. The number of rotatable bonds is 3. The Kier molecular flexibility index (Phi) is 4.99. The standard InChI is InChI=1S/C19H22BF2NO6/c1-17(2)18(3,4)29-20(28-17)10-7-12(21)14(13(22)8-10)23-9-11-15(24)26-19(5,6)27-16(11)25/h7-9,23H,1-6H3. The van der Waals surface area contributed by atoms with Crippen LogP contribution in [0.4, 0.5) is 14.5 Å². The van der Waals surface area contributed by atoms with E-state index in [2.05, 4.69) is 5.32 Å². The molecule has 2 saturated heterocycles. The average Bonchev–Trinajstić information content (AvgIpc) is 2.75. The van der Waals surface area contributed by atoms with Crippen LogP contribution in [0.1, 0.15) is 41.5 Å². The fourth-order valence-electron chi connectivity index (χ4n) is 2.77. The average molecular weight is 409 g/mol. The van der Waals surface area contributed by atoms with Crippen LogP contribution >= 0.6 is 0 Å². The molecule has 2 aliphatic heterocycles. The normalized spacial score (nSPS) is 22.2. The Bertz CT molecular complexity index is 851. The number of cyclic esters (lactones) is 2. The molecule has 2 fully saturated rings. The van der Waals surface area contributed by atoms with Gasteiger partial charge in [-0.05, 0) is 45.3 Å². The van der Waals surface area contributed by atoms with E-state index in [1.165, 1.54) is 13.8 Å². The van der Waals surface area contributed by atoms with E-state index in [0.29, 0.717) is 0 Å². The Balaban J connectivity index is 1.83. The molecule has 3 rings (SSSR count). The summed E-state index contributed by atoms with van der Waals surface area (Å²) in [4.78, 5) is 23.8. The van der Waals surface area contributed by atoms with Gasteiger partial charge >= 0.3 is 19.1 Å². The SMILES string of the molecule is CC1(C)OC(=O)C(=CNc2c(F)cc(B3OC(C)(C)C(C)(C)O3)cc2F)C(=O)O1. The number of halogens is 2. The second-order valence-electron chi connectivity index (χ2n) is 8.33. The smallest absolute Gasteiger partial charge is 0.419 e. The van der Waals surface area contributed by atoms with Crippen LogP contribution in [-0.2, 0) is 28.4 Å². The minimum atomic E-state index is -1.41. The summed E-state index contributed by atoms with van der Waals surface area (Å²) in [6.07, 6.45) is 0.843. The van der Waals surface area contributed by atoms with Crippen molar-refractivity contribution >= 4 is 30.2 Å². The van der Waals surface area contributed by atoms with Gasteiger partial charge in [0.1, 0.15) is 17.3 Å². The van der Waals surface area contributed by atoms with E-state index in [0.717, 1.165) is 18.3 Å². The second kappa shape index (κ2) is 6.81. The molecule has 10 heteroatoms. The first-order valence-electron chi connectivity index (χ1n) is 9.00. The second-order valence-corrected chi connectivity index (χ2v) is 8.33. The molecule has 2 aliphatic rings. The lowest BCUT2D eigenvalue weighted by Gasteiger charge is -2.32. The van der Waals surface area contributed by atoms with Crippen LogP contribution in [0.15, 0.2) is 23.9 Å². The van der Waals surface area contributed by atoms with E-state index >= 15 is 0 Å². The lowest BCUT2D eigenvalue weighted by atomic mass is 9.79. The van der Waals surface area contributed by atoms with Gasteiger partial charge in [-0.15, -0.1) is 0 Å². The molecule has 0 unspecified atom stereocenters. The van der Waals surface area contributed by atoms with Gasteiger partial charge in [-0.2, -0.15) is 0 Å². The van der Waals surface area contributed by atoms with Gasteiger partial charge in [0, 0.05) is 20.0 Å². The fourth-order valence-corrected chi connectivity index (χ4v) is 2.77. The molecule has 29 heavy (non-hydrogen) atoms. The summed E-state index contributed by atoms with van der Waals surface area (Å²) in [6.45, 7) is 10.1. The first-order chi connectivity index (χ1) is 13.2. The molecular weight excluding hydrogens is 387 g/mol. The topological polar surface area (TPSA) is 83.1 Å². The molecule has 2 heterocycles. The molecule has 7 nitrogen and oxygen atoms in total. The molecule has 1 aromatic carbocycles. The van der Waals surface area contributed by atoms with Crippen molar-refractivity contribution in [2.45, 2.75) is 58.5 Å². The first-order valence-corrected chi connectivity index (χ1v) is 9.00. The third-order valence-corrected chi connectivity index (χ3v) is 5.07. The van der Waals surface area contributed by atoms with E-state index in [1.54, 1.807) is 0 Å². The maximum atomic E-state index is 14.5. The number of carbonyl (C=O) groups excluding carboxylic acids is 2. The van der Waals surface area contributed by atoms with E-state index in [4.69, 9.17) is 18.8 Å². The van der Waals surface area contributed by atoms with Gasteiger partial charge < -0.3 is 24.1 Å². The molecule has 0 amide bonds. The van der Waals surface area contributed by atoms with Gasteiger partial charge in [0.25, 0.3) is 5.79 Å². The zero-order valence-corrected chi connectivity index (χ0v) is 17.0. The summed E-state index contributed by atoms with van der Waals surface area (Å²) < 4.78 is 50.5. The molecule has 156 valence electrons. The third kappa shape index (κ3) is 3.99. The maximum Gasteiger partial charge on any atom is 0.495 e. The first kappa shape index (κ1) is 21.3. The highest BCUT2D eigenvalue weighted by molar-refractivity contribution is 6.62. The van der Waals surface area contributed by atoms with Crippen LogP contribution in [0.3, 0.4) is 0 Å². The summed E-state index contributed by atoms with van der Waals surface area (Å²) in [6, 6.07) is 2.12. The molecule has 0 radical (unpaired) electrons. The minimum Gasteiger partial charge on any atom is -0.419 e. The van der Waals surface area contributed by atoms with Gasteiger partial charge in [-0.3, -0.25) is 0 Å². The van der Waals surface area contributed by atoms with E-state index in [1.807, 2.05) is 27.7 Å². The largest absolute Gasteiger partial charge is 0.495 e. The van der Waals surface area contributed by atoms with Crippen LogP contribution in [0.2, 0.25) is 0 Å². The predicted octanol–water partition coefficient (Wildman–Crippen LogP) is 2.40. The van der Waals surface area contributed by atoms with Crippen LogP contribution in [0.25, 0.3) is 0 Å². The van der Waals surface area contributed by atoms with Crippen LogP contribution < -0.4 is 10.8 Å². The number of hydrogen-bond donors (Lipinski definition) is 1. The van der Waals surface area contributed by atoms with Crippen LogP contribution in [-0.4, -0.2) is 36.0 Å². The molecule has 1 aromatic rings. The van der Waals surface area contributed by atoms with Crippen molar-refractivity contribution in [1.29, 1.82) is 0 Å². The van der Waals surface area contributed by atoms with Gasteiger partial charge in [0.2, 0.25) is 0 Å². The summed E-state index contributed by atoms with van der Waals surface area (Å²) in [5.74, 6) is -5.25. The number of carbonyl (C=O) groups is 2. The van der Waals surface area contributed by atoms with Crippen LogP contribution in [0.5, 0.6) is 0 Å². The lowest BCUT2D eigenvalue weighted by Crippen LogP contribution is -2.42. The number of ether oxygens (including phenoxy) is 2. The molecule has 0 spiro atoms. The highest BCUT2D eigenvalue weighted by Gasteiger charge is 2.52. The number of benzene rings is 1. The van der Waals surface area contributed by atoms with Crippen molar-refractivity contribution in [2.75, 3.05) is 5.32 Å². The maximum absolute atomic E-state index is 14.5. The number of esters is 2. The van der Waals surface area contributed by atoms with Gasteiger partial charge in [0.15, 0.2) is 5.57 Å². The Morgan fingerprint density at radius 2 is 1.34 bits per heavy atom. The van der Waals surface area contributed by atoms with Crippen molar-refractivity contribution in [3.8, 4) is 0 Å². The van der Waals surface area contributed by atoms with Crippen molar-refractivity contribution in [3.05, 3.63) is 35.5 Å². The van der Waals surface area contributed by atoms with Gasteiger partial charge in [-0.1, -0.05) is 0 Å². The van der Waals surface area contributed by atoms with Gasteiger partial charge in [0.05, 0.1) is 11.2 Å². The van der Waals surface area contributed by atoms with E-state index in [-0.39, 0.29) is 5.46 Å². The van der Waals surface area contributed by atoms with Crippen molar-refractivity contribution in [3.63, 3.8) is 0 Å². The molecule has 0 aliphatic carbocycles. The predicted molar refractivity (Wildman–Crippen MR) is 100 cm³/mol. The van der Waals surface area contributed by atoms with Crippen molar-refractivity contribution in [1.82, 2.24) is 0 Å². The molecule has 0 bridgehead atoms. The summed E-state index contributed by atoms with van der Waals surface area (Å²) in [5, 5.41) is 2.29. The van der Waals surface area contributed by atoms with Crippen molar-refractivity contribution < 1.29 is 37.2 Å². The molecule has 0 aromatic heterocycles. The lowest BCUT2D eigenvalue weighted by molar-refractivity contribution is -0.222. The monoisotopic (exact) mass is 409 g/mol. The van der Waals surface area contributed by atoms with E-state index < -0.39 is 58.9 Å².